The highest BCUT2D eigenvalue weighted by molar-refractivity contribution is 5.94. The molecule has 18 heteroatoms. The summed E-state index contributed by atoms with van der Waals surface area (Å²) < 4.78 is 69.5. The summed E-state index contributed by atoms with van der Waals surface area (Å²) in [6.07, 6.45) is -9.64. The summed E-state index contributed by atoms with van der Waals surface area (Å²) >= 11 is 0. The van der Waals surface area contributed by atoms with E-state index in [4.69, 9.17) is 29.7 Å². The van der Waals surface area contributed by atoms with Gasteiger partial charge in [-0.15, -0.1) is 0 Å². The molecule has 284 valence electrons. The number of ether oxygens (including phenoxy) is 1. The molecule has 0 aliphatic carbocycles. The van der Waals surface area contributed by atoms with Crippen LogP contribution in [0.25, 0.3) is 10.9 Å². The van der Waals surface area contributed by atoms with Gasteiger partial charge < -0.3 is 20.3 Å². The lowest BCUT2D eigenvalue weighted by atomic mass is 10.0. The number of benzene rings is 3. The molecule has 53 heavy (non-hydrogen) atoms. The van der Waals surface area contributed by atoms with Crippen LogP contribution in [0.15, 0.2) is 84.9 Å². The van der Waals surface area contributed by atoms with Gasteiger partial charge in [-0.25, -0.2) is 15.1 Å². The van der Waals surface area contributed by atoms with E-state index in [0.29, 0.717) is 24.5 Å². The van der Waals surface area contributed by atoms with E-state index in [1.807, 2.05) is 67.6 Å². The number of fused-ring (bicyclic) bond motifs is 1. The van der Waals surface area contributed by atoms with E-state index < -0.39 is 30.2 Å². The number of likely N-dealkylation sites (tertiary alicyclic amines) is 1. The van der Waals surface area contributed by atoms with Crippen molar-refractivity contribution in [3.8, 4) is 5.75 Å². The fourth-order valence-corrected chi connectivity index (χ4v) is 5.22. The molecule has 1 aromatic heterocycles. The molecule has 0 spiro atoms. The van der Waals surface area contributed by atoms with Crippen LogP contribution in [-0.4, -0.2) is 74.1 Å². The normalized spacial score (nSPS) is 15.6. The molecule has 1 aliphatic heterocycles. The van der Waals surface area contributed by atoms with Gasteiger partial charge in [-0.3, -0.25) is 24.7 Å². The second-order valence-corrected chi connectivity index (χ2v) is 11.5. The Morgan fingerprint density at radius 3 is 2.00 bits per heavy atom. The number of hydrogen-bond donors (Lipinski definition) is 5. The molecular weight excluding hydrogens is 718 g/mol. The molecule has 3 aromatic carbocycles. The molecule has 1 aliphatic rings. The van der Waals surface area contributed by atoms with Crippen molar-refractivity contribution < 1.29 is 65.7 Å². The van der Waals surface area contributed by atoms with Crippen LogP contribution < -0.4 is 15.5 Å². The number of carbonyl (C=O) groups is 4. The van der Waals surface area contributed by atoms with E-state index in [0.717, 1.165) is 40.7 Å². The number of carboxylic acids is 2. The average Bonchev–Trinajstić information content (AvgIpc) is 3.46. The van der Waals surface area contributed by atoms with Crippen LogP contribution in [0.1, 0.15) is 40.0 Å². The molecule has 0 radical (unpaired) electrons. The summed E-state index contributed by atoms with van der Waals surface area (Å²) in [4.78, 5) is 49.7. The molecule has 0 bridgehead atoms. The van der Waals surface area contributed by atoms with Gasteiger partial charge in [0.2, 0.25) is 5.91 Å². The van der Waals surface area contributed by atoms with Gasteiger partial charge in [-0.1, -0.05) is 48.5 Å². The first-order valence-electron chi connectivity index (χ1n) is 15.6. The number of para-hydroxylation sites is 1. The fraction of sp³-hybridized carbons (Fsp3) is 0.286. The number of pyridine rings is 1. The number of rotatable bonds is 9. The highest BCUT2D eigenvalue weighted by Crippen LogP contribution is 2.28. The zero-order valence-electron chi connectivity index (χ0n) is 27.8. The molecule has 1 saturated heterocycles. The summed E-state index contributed by atoms with van der Waals surface area (Å²) in [5.74, 6) is -5.66. The molecule has 5 rings (SSSR count). The van der Waals surface area contributed by atoms with Crippen LogP contribution in [0, 0.1) is 12.8 Å². The summed E-state index contributed by atoms with van der Waals surface area (Å²) in [6, 6.07) is 27.1. The largest absolute Gasteiger partial charge is 0.490 e. The first kappa shape index (κ1) is 41.7. The van der Waals surface area contributed by atoms with E-state index in [1.54, 1.807) is 29.7 Å². The van der Waals surface area contributed by atoms with Gasteiger partial charge in [0, 0.05) is 47.6 Å². The van der Waals surface area contributed by atoms with Crippen molar-refractivity contribution in [2.75, 3.05) is 6.54 Å². The molecular formula is C35H34F6N4O8. The number of nitrogens with one attached hydrogen (secondary N) is 2. The summed E-state index contributed by atoms with van der Waals surface area (Å²) in [6.45, 7) is 3.74. The molecule has 0 saturated carbocycles. The summed E-state index contributed by atoms with van der Waals surface area (Å²) in [7, 11) is 0. The minimum atomic E-state index is -5.08. The Kier molecular flexibility index (Phi) is 14.7. The highest BCUT2D eigenvalue weighted by atomic mass is 19.4. The Bertz CT molecular complexity index is 1830. The zero-order valence-corrected chi connectivity index (χ0v) is 27.8. The maximum atomic E-state index is 13.2. The van der Waals surface area contributed by atoms with Crippen molar-refractivity contribution in [2.45, 2.75) is 51.4 Å². The third-order valence-corrected chi connectivity index (χ3v) is 7.63. The van der Waals surface area contributed by atoms with E-state index in [-0.39, 0.29) is 24.4 Å². The lowest BCUT2D eigenvalue weighted by Gasteiger charge is -2.29. The summed E-state index contributed by atoms with van der Waals surface area (Å²) in [5.41, 5.74) is 6.27. The van der Waals surface area contributed by atoms with Gasteiger partial charge in [-0.05, 0) is 55.3 Å². The Labute approximate surface area is 298 Å². The van der Waals surface area contributed by atoms with Gasteiger partial charge in [0.15, 0.2) is 0 Å². The van der Waals surface area contributed by atoms with Crippen molar-refractivity contribution in [2.24, 2.45) is 5.92 Å². The number of alkyl halides is 6. The van der Waals surface area contributed by atoms with E-state index in [9.17, 15) is 35.9 Å². The molecule has 2 amide bonds. The minimum Gasteiger partial charge on any atom is -0.489 e. The second kappa shape index (κ2) is 18.7. The minimum absolute atomic E-state index is 0.119. The Hall–Kier alpha value is -5.75. The number of carboxylic acid groups (broad SMARTS) is 2. The Morgan fingerprint density at radius 1 is 0.868 bits per heavy atom. The first-order chi connectivity index (χ1) is 24.9. The SMILES string of the molecule is Cc1cc(COc2ccc(C(=O)NC3[C@H](CC(=O)NO)CCN3Cc3ccccc3)cc2)c2ccccc2n1.O=C(O)C(F)(F)F.O=C(O)C(F)(F)F. The molecule has 12 nitrogen and oxygen atoms in total. The van der Waals surface area contributed by atoms with E-state index in [2.05, 4.69) is 15.2 Å². The standard InChI is InChI=1S/C31H32N4O4.2C2HF3O2/c1-21-17-25(27-9-5-6-10-28(27)32-21)20-39-26-13-11-23(12-14-26)31(37)33-30-24(18-29(36)34-38)15-16-35(30)19-22-7-3-2-4-8-22;2*3-2(4,5)1(6)7/h2-14,17,24,30,38H,15-16,18-20H2,1H3,(H,33,37)(H,34,36);2*(H,6,7)/t24-,30?;;/m0../s1. The van der Waals surface area contributed by atoms with Crippen molar-refractivity contribution in [3.63, 3.8) is 0 Å². The topological polar surface area (TPSA) is 178 Å². The maximum Gasteiger partial charge on any atom is 0.490 e. The molecule has 4 aromatic rings. The third-order valence-electron chi connectivity index (χ3n) is 7.63. The smallest absolute Gasteiger partial charge is 0.489 e. The average molecular weight is 753 g/mol. The lowest BCUT2D eigenvalue weighted by molar-refractivity contribution is -0.193. The summed E-state index contributed by atoms with van der Waals surface area (Å²) in [5, 5.41) is 27.5. The van der Waals surface area contributed by atoms with Crippen molar-refractivity contribution in [1.82, 2.24) is 20.7 Å². The zero-order chi connectivity index (χ0) is 39.3. The van der Waals surface area contributed by atoms with Gasteiger partial charge in [0.1, 0.15) is 12.4 Å². The number of hydroxylamine groups is 1. The molecule has 1 unspecified atom stereocenters. The highest BCUT2D eigenvalue weighted by Gasteiger charge is 2.39. The molecule has 2 atom stereocenters. The van der Waals surface area contributed by atoms with Gasteiger partial charge in [-0.2, -0.15) is 26.3 Å². The van der Waals surface area contributed by atoms with Gasteiger partial charge >= 0.3 is 24.3 Å². The van der Waals surface area contributed by atoms with Gasteiger partial charge in [0.25, 0.3) is 5.91 Å². The molecule has 2 heterocycles. The maximum absolute atomic E-state index is 13.2. The van der Waals surface area contributed by atoms with Gasteiger partial charge in [0.05, 0.1) is 11.7 Å². The first-order valence-corrected chi connectivity index (χ1v) is 15.6. The molecule has 5 N–H and O–H groups in total. The van der Waals surface area contributed by atoms with Crippen LogP contribution in [-0.2, 0) is 27.5 Å². The number of hydrogen-bond acceptors (Lipinski definition) is 8. The third kappa shape index (κ3) is 13.1. The number of amides is 2. The van der Waals surface area contributed by atoms with Crippen LogP contribution in [0.4, 0.5) is 26.3 Å². The monoisotopic (exact) mass is 752 g/mol. The van der Waals surface area contributed by atoms with Crippen molar-refractivity contribution in [1.29, 1.82) is 0 Å². The Morgan fingerprint density at radius 2 is 1.43 bits per heavy atom. The van der Waals surface area contributed by atoms with Crippen LogP contribution in [0.5, 0.6) is 5.75 Å². The fourth-order valence-electron chi connectivity index (χ4n) is 5.22. The van der Waals surface area contributed by atoms with Crippen LogP contribution >= 0.6 is 0 Å². The lowest BCUT2D eigenvalue weighted by Crippen LogP contribution is -2.48. The van der Waals surface area contributed by atoms with Crippen molar-refractivity contribution >= 4 is 34.7 Å². The molecule has 1 fully saturated rings. The number of aliphatic carboxylic acids is 2. The Balaban J connectivity index is 0.000000458. The number of aryl methyl sites for hydroxylation is 1. The van der Waals surface area contributed by atoms with Crippen LogP contribution in [0.3, 0.4) is 0 Å². The van der Waals surface area contributed by atoms with E-state index in [1.165, 1.54) is 0 Å². The second-order valence-electron chi connectivity index (χ2n) is 11.5. The predicted molar refractivity (Wildman–Crippen MR) is 175 cm³/mol. The number of aromatic nitrogens is 1. The number of nitrogens with zero attached hydrogens (tertiary/aromatic N) is 2. The van der Waals surface area contributed by atoms with Crippen LogP contribution in [0.2, 0.25) is 0 Å². The number of carbonyl (C=O) groups excluding carboxylic acids is 2. The van der Waals surface area contributed by atoms with Crippen molar-refractivity contribution in [3.05, 3.63) is 107 Å². The quantitative estimate of drug-likeness (QED) is 0.0790. The van der Waals surface area contributed by atoms with E-state index >= 15 is 0 Å². The number of halogens is 6. The predicted octanol–water partition coefficient (Wildman–Crippen LogP) is 5.86.